The summed E-state index contributed by atoms with van der Waals surface area (Å²) in [6.45, 7) is -0.339. The van der Waals surface area contributed by atoms with Gasteiger partial charge in [0.15, 0.2) is 6.61 Å². The van der Waals surface area contributed by atoms with E-state index >= 15 is 0 Å². The van der Waals surface area contributed by atoms with Gasteiger partial charge in [0, 0.05) is 18.1 Å². The largest absolute Gasteiger partial charge is 0.452 e. The number of nitrogens with one attached hydrogen (secondary N) is 1. The van der Waals surface area contributed by atoms with Gasteiger partial charge in [0.25, 0.3) is 5.91 Å². The van der Waals surface area contributed by atoms with Gasteiger partial charge in [-0.15, -0.1) is 0 Å². The number of fused-ring (bicyclic) bond motifs is 1. The highest BCUT2D eigenvalue weighted by Crippen LogP contribution is 2.18. The van der Waals surface area contributed by atoms with Crippen molar-refractivity contribution in [1.29, 1.82) is 0 Å². The summed E-state index contributed by atoms with van der Waals surface area (Å²) in [7, 11) is 0. The number of anilines is 1. The topological polar surface area (TPSA) is 68.3 Å². The van der Waals surface area contributed by atoms with E-state index in [0.717, 1.165) is 10.8 Å². The first kappa shape index (κ1) is 14.7. The molecular formula is C18H14N2O3. The van der Waals surface area contributed by atoms with Gasteiger partial charge in [0.2, 0.25) is 0 Å². The molecule has 3 rings (SSSR count). The van der Waals surface area contributed by atoms with E-state index < -0.39 is 5.97 Å². The van der Waals surface area contributed by atoms with Crippen LogP contribution in [-0.4, -0.2) is 23.5 Å². The predicted molar refractivity (Wildman–Crippen MR) is 87.1 cm³/mol. The number of amides is 1. The van der Waals surface area contributed by atoms with Crippen LogP contribution in [0.3, 0.4) is 0 Å². The molecule has 114 valence electrons. The number of hydrogen-bond donors (Lipinski definition) is 1. The van der Waals surface area contributed by atoms with Crippen molar-refractivity contribution in [2.75, 3.05) is 11.9 Å². The SMILES string of the molecule is O=C(COC(=O)c1ccncc1)Nc1ccc2ccccc2c1. The summed E-state index contributed by atoms with van der Waals surface area (Å²) in [6.07, 6.45) is 2.98. The van der Waals surface area contributed by atoms with Gasteiger partial charge in [0.1, 0.15) is 0 Å². The van der Waals surface area contributed by atoms with Crippen molar-refractivity contribution in [3.63, 3.8) is 0 Å². The second kappa shape index (κ2) is 6.70. The van der Waals surface area contributed by atoms with Crippen molar-refractivity contribution >= 4 is 28.3 Å². The van der Waals surface area contributed by atoms with Gasteiger partial charge >= 0.3 is 5.97 Å². The fourth-order valence-corrected chi connectivity index (χ4v) is 2.17. The molecule has 0 radical (unpaired) electrons. The molecule has 0 unspecified atom stereocenters. The molecule has 0 bridgehead atoms. The van der Waals surface area contributed by atoms with E-state index in [9.17, 15) is 9.59 Å². The van der Waals surface area contributed by atoms with Crippen molar-refractivity contribution in [1.82, 2.24) is 4.98 Å². The molecule has 0 saturated heterocycles. The van der Waals surface area contributed by atoms with E-state index in [1.807, 2.05) is 42.5 Å². The molecular weight excluding hydrogens is 292 g/mol. The third-order valence-electron chi connectivity index (χ3n) is 3.28. The number of hydrogen-bond acceptors (Lipinski definition) is 4. The first-order chi connectivity index (χ1) is 11.2. The average Bonchev–Trinajstić information content (AvgIpc) is 2.60. The minimum atomic E-state index is -0.555. The molecule has 1 amide bonds. The molecule has 1 heterocycles. The van der Waals surface area contributed by atoms with E-state index in [1.165, 1.54) is 24.5 Å². The number of carbonyl (C=O) groups is 2. The van der Waals surface area contributed by atoms with Crippen molar-refractivity contribution in [3.8, 4) is 0 Å². The third kappa shape index (κ3) is 3.71. The van der Waals surface area contributed by atoms with Crippen LogP contribution in [0.25, 0.3) is 10.8 Å². The zero-order valence-corrected chi connectivity index (χ0v) is 12.2. The lowest BCUT2D eigenvalue weighted by molar-refractivity contribution is -0.119. The minimum Gasteiger partial charge on any atom is -0.452 e. The number of benzene rings is 2. The zero-order valence-electron chi connectivity index (χ0n) is 12.2. The van der Waals surface area contributed by atoms with E-state index in [1.54, 1.807) is 0 Å². The molecule has 5 heteroatoms. The number of pyridine rings is 1. The summed E-state index contributed by atoms with van der Waals surface area (Å²) in [5.41, 5.74) is 1.02. The lowest BCUT2D eigenvalue weighted by Crippen LogP contribution is -2.20. The summed E-state index contributed by atoms with van der Waals surface area (Å²) >= 11 is 0. The van der Waals surface area contributed by atoms with Gasteiger partial charge in [-0.05, 0) is 35.0 Å². The van der Waals surface area contributed by atoms with Crippen LogP contribution in [0.4, 0.5) is 5.69 Å². The molecule has 0 aliphatic carbocycles. The number of ether oxygens (including phenoxy) is 1. The number of aromatic nitrogens is 1. The Kier molecular flexibility index (Phi) is 4.29. The molecule has 2 aromatic carbocycles. The van der Waals surface area contributed by atoms with Crippen LogP contribution in [0.15, 0.2) is 67.0 Å². The highest BCUT2D eigenvalue weighted by molar-refractivity contribution is 5.97. The molecule has 0 saturated carbocycles. The van der Waals surface area contributed by atoms with Crippen LogP contribution in [0, 0.1) is 0 Å². The normalized spacial score (nSPS) is 10.3. The highest BCUT2D eigenvalue weighted by atomic mass is 16.5. The summed E-state index contributed by atoms with van der Waals surface area (Å²) in [6, 6.07) is 16.5. The van der Waals surface area contributed by atoms with Crippen LogP contribution >= 0.6 is 0 Å². The summed E-state index contributed by atoms with van der Waals surface area (Å²) < 4.78 is 4.97. The lowest BCUT2D eigenvalue weighted by atomic mass is 10.1. The number of rotatable bonds is 4. The van der Waals surface area contributed by atoms with Gasteiger partial charge in [0.05, 0.1) is 5.56 Å². The second-order valence-corrected chi connectivity index (χ2v) is 4.92. The van der Waals surface area contributed by atoms with Crippen LogP contribution in [0.5, 0.6) is 0 Å². The lowest BCUT2D eigenvalue weighted by Gasteiger charge is -2.07. The molecule has 0 aliphatic rings. The standard InChI is InChI=1S/C18H14N2O3/c21-17(12-23-18(22)14-7-9-19-10-8-14)20-16-6-5-13-3-1-2-4-15(13)11-16/h1-11H,12H2,(H,20,21). The Morgan fingerprint density at radius 2 is 1.70 bits per heavy atom. The van der Waals surface area contributed by atoms with Gasteiger partial charge in [-0.25, -0.2) is 4.79 Å². The van der Waals surface area contributed by atoms with E-state index in [4.69, 9.17) is 4.74 Å². The van der Waals surface area contributed by atoms with E-state index in [-0.39, 0.29) is 12.5 Å². The van der Waals surface area contributed by atoms with Crippen LogP contribution in [0.2, 0.25) is 0 Å². The Balaban J connectivity index is 1.59. The number of carbonyl (C=O) groups excluding carboxylic acids is 2. The first-order valence-electron chi connectivity index (χ1n) is 7.08. The Morgan fingerprint density at radius 3 is 2.48 bits per heavy atom. The molecule has 1 aromatic heterocycles. The average molecular weight is 306 g/mol. The quantitative estimate of drug-likeness (QED) is 0.752. The maximum atomic E-state index is 11.9. The Bertz CT molecular complexity index is 847. The second-order valence-electron chi connectivity index (χ2n) is 4.92. The van der Waals surface area contributed by atoms with Crippen molar-refractivity contribution in [3.05, 3.63) is 72.6 Å². The van der Waals surface area contributed by atoms with Crippen LogP contribution in [0.1, 0.15) is 10.4 Å². The Morgan fingerprint density at radius 1 is 0.957 bits per heavy atom. The molecule has 0 atom stereocenters. The van der Waals surface area contributed by atoms with Gasteiger partial charge in [-0.1, -0.05) is 30.3 Å². The predicted octanol–water partition coefficient (Wildman–Crippen LogP) is 3.03. The number of esters is 1. The molecule has 0 spiro atoms. The monoisotopic (exact) mass is 306 g/mol. The molecule has 3 aromatic rings. The fourth-order valence-electron chi connectivity index (χ4n) is 2.17. The van der Waals surface area contributed by atoms with Crippen molar-refractivity contribution in [2.45, 2.75) is 0 Å². The highest BCUT2D eigenvalue weighted by Gasteiger charge is 2.10. The third-order valence-corrected chi connectivity index (χ3v) is 3.28. The van der Waals surface area contributed by atoms with Gasteiger partial charge in [-0.2, -0.15) is 0 Å². The van der Waals surface area contributed by atoms with Crippen LogP contribution in [-0.2, 0) is 9.53 Å². The van der Waals surface area contributed by atoms with Crippen molar-refractivity contribution < 1.29 is 14.3 Å². The van der Waals surface area contributed by atoms with Gasteiger partial charge < -0.3 is 10.1 Å². The summed E-state index contributed by atoms with van der Waals surface area (Å²) in [5.74, 6) is -0.941. The molecule has 1 N–H and O–H groups in total. The number of nitrogens with zero attached hydrogens (tertiary/aromatic N) is 1. The summed E-state index contributed by atoms with van der Waals surface area (Å²) in [4.78, 5) is 27.4. The van der Waals surface area contributed by atoms with E-state index in [0.29, 0.717) is 11.3 Å². The maximum absolute atomic E-state index is 11.9. The summed E-state index contributed by atoms with van der Waals surface area (Å²) in [5, 5.41) is 4.83. The van der Waals surface area contributed by atoms with Crippen molar-refractivity contribution in [2.24, 2.45) is 0 Å². The molecule has 0 aliphatic heterocycles. The molecule has 0 fully saturated rings. The Labute approximate surface area is 132 Å². The minimum absolute atomic E-state index is 0.339. The zero-order chi connectivity index (χ0) is 16.1. The molecule has 23 heavy (non-hydrogen) atoms. The molecule has 5 nitrogen and oxygen atoms in total. The first-order valence-corrected chi connectivity index (χ1v) is 7.08. The fraction of sp³-hybridized carbons (Fsp3) is 0.0556. The van der Waals surface area contributed by atoms with E-state index in [2.05, 4.69) is 10.3 Å². The smallest absolute Gasteiger partial charge is 0.338 e. The Hall–Kier alpha value is -3.21. The van der Waals surface area contributed by atoms with Gasteiger partial charge in [-0.3, -0.25) is 9.78 Å². The van der Waals surface area contributed by atoms with Crippen LogP contribution < -0.4 is 5.32 Å². The maximum Gasteiger partial charge on any atom is 0.338 e.